The third-order valence-corrected chi connectivity index (χ3v) is 2.02. The lowest BCUT2D eigenvalue weighted by atomic mass is 9.78. The van der Waals surface area contributed by atoms with E-state index in [-0.39, 0.29) is 5.91 Å². The van der Waals surface area contributed by atoms with Crippen LogP contribution in [0.4, 0.5) is 0 Å². The fourth-order valence-electron chi connectivity index (χ4n) is 1.44. The van der Waals surface area contributed by atoms with Gasteiger partial charge in [0, 0.05) is 19.4 Å². The van der Waals surface area contributed by atoms with Crippen molar-refractivity contribution in [3.8, 4) is 6.07 Å². The van der Waals surface area contributed by atoms with Crippen LogP contribution in [0.25, 0.3) is 0 Å². The minimum Gasteiger partial charge on any atom is -0.354 e. The number of carbonyl (C=O) groups is 1. The standard InChI is InChI=1S/C8H12N2O/c1-6(11)10-8-4-7(5-8)2-3-9/h7-8H,2,4-5H2,1H3,(H,10,11)/t7-,8-. The van der Waals surface area contributed by atoms with E-state index >= 15 is 0 Å². The van der Waals surface area contributed by atoms with E-state index in [0.29, 0.717) is 18.4 Å². The Balaban J connectivity index is 2.10. The van der Waals surface area contributed by atoms with Crippen LogP contribution in [0.3, 0.4) is 0 Å². The van der Waals surface area contributed by atoms with Crippen LogP contribution in [0.2, 0.25) is 0 Å². The second-order valence-corrected chi connectivity index (χ2v) is 3.10. The zero-order valence-corrected chi connectivity index (χ0v) is 6.63. The summed E-state index contributed by atoms with van der Waals surface area (Å²) in [7, 11) is 0. The van der Waals surface area contributed by atoms with Crippen LogP contribution in [0.5, 0.6) is 0 Å². The highest BCUT2D eigenvalue weighted by Gasteiger charge is 2.28. The SMILES string of the molecule is CC(=O)N[C@H]1C[C@H](CC#N)C1. The molecule has 3 nitrogen and oxygen atoms in total. The molecule has 1 rings (SSSR count). The van der Waals surface area contributed by atoms with Crippen molar-refractivity contribution in [2.75, 3.05) is 0 Å². The van der Waals surface area contributed by atoms with Gasteiger partial charge in [0.25, 0.3) is 0 Å². The fourth-order valence-corrected chi connectivity index (χ4v) is 1.44. The Morgan fingerprint density at radius 3 is 2.82 bits per heavy atom. The first kappa shape index (κ1) is 8.06. The lowest BCUT2D eigenvalue weighted by molar-refractivity contribution is -0.120. The Morgan fingerprint density at radius 1 is 1.73 bits per heavy atom. The Bertz CT molecular complexity index is 189. The number of carbonyl (C=O) groups excluding carboxylic acids is 1. The lowest BCUT2D eigenvalue weighted by Gasteiger charge is -2.34. The summed E-state index contributed by atoms with van der Waals surface area (Å²) < 4.78 is 0. The quantitative estimate of drug-likeness (QED) is 0.636. The second kappa shape index (κ2) is 3.38. The summed E-state index contributed by atoms with van der Waals surface area (Å²) in [6, 6.07) is 2.47. The average Bonchev–Trinajstić information content (AvgIpc) is 1.82. The highest BCUT2D eigenvalue weighted by molar-refractivity contribution is 5.73. The highest BCUT2D eigenvalue weighted by Crippen LogP contribution is 2.29. The molecule has 0 unspecified atom stereocenters. The van der Waals surface area contributed by atoms with Gasteiger partial charge < -0.3 is 5.32 Å². The fraction of sp³-hybridized carbons (Fsp3) is 0.750. The normalized spacial score (nSPS) is 28.4. The van der Waals surface area contributed by atoms with Crippen LogP contribution < -0.4 is 5.32 Å². The van der Waals surface area contributed by atoms with E-state index in [9.17, 15) is 4.79 Å². The highest BCUT2D eigenvalue weighted by atomic mass is 16.1. The second-order valence-electron chi connectivity index (χ2n) is 3.10. The van der Waals surface area contributed by atoms with Gasteiger partial charge in [-0.15, -0.1) is 0 Å². The van der Waals surface area contributed by atoms with E-state index < -0.39 is 0 Å². The molecule has 3 heteroatoms. The summed E-state index contributed by atoms with van der Waals surface area (Å²) in [6.45, 7) is 1.53. The van der Waals surface area contributed by atoms with E-state index in [0.717, 1.165) is 12.8 Å². The summed E-state index contributed by atoms with van der Waals surface area (Å²) >= 11 is 0. The maximum atomic E-state index is 10.5. The number of nitrogens with one attached hydrogen (secondary N) is 1. The van der Waals surface area contributed by atoms with Crippen molar-refractivity contribution in [1.29, 1.82) is 5.26 Å². The number of amides is 1. The molecule has 1 saturated carbocycles. The summed E-state index contributed by atoms with van der Waals surface area (Å²) in [4.78, 5) is 10.5. The third kappa shape index (κ3) is 2.23. The largest absolute Gasteiger partial charge is 0.354 e. The van der Waals surface area contributed by atoms with Crippen molar-refractivity contribution in [1.82, 2.24) is 5.32 Å². The van der Waals surface area contributed by atoms with Gasteiger partial charge in [-0.05, 0) is 18.8 Å². The van der Waals surface area contributed by atoms with Crippen LogP contribution >= 0.6 is 0 Å². The minimum absolute atomic E-state index is 0.0328. The van der Waals surface area contributed by atoms with Crippen molar-refractivity contribution in [2.45, 2.75) is 32.2 Å². The van der Waals surface area contributed by atoms with Gasteiger partial charge in [-0.2, -0.15) is 5.26 Å². The molecule has 0 aromatic carbocycles. The molecule has 1 aliphatic rings. The molecule has 0 aromatic heterocycles. The van der Waals surface area contributed by atoms with Gasteiger partial charge in [0.1, 0.15) is 0 Å². The molecule has 60 valence electrons. The van der Waals surface area contributed by atoms with Crippen LogP contribution in [-0.4, -0.2) is 11.9 Å². The number of nitrogens with zero attached hydrogens (tertiary/aromatic N) is 1. The molecule has 0 spiro atoms. The maximum absolute atomic E-state index is 10.5. The minimum atomic E-state index is 0.0328. The van der Waals surface area contributed by atoms with E-state index in [4.69, 9.17) is 5.26 Å². The van der Waals surface area contributed by atoms with Gasteiger partial charge >= 0.3 is 0 Å². The monoisotopic (exact) mass is 152 g/mol. The van der Waals surface area contributed by atoms with Crippen molar-refractivity contribution < 1.29 is 4.79 Å². The Kier molecular flexibility index (Phi) is 2.48. The molecule has 0 aliphatic heterocycles. The number of rotatable bonds is 2. The zero-order valence-electron chi connectivity index (χ0n) is 6.63. The number of nitriles is 1. The van der Waals surface area contributed by atoms with Gasteiger partial charge in [0.05, 0.1) is 6.07 Å². The molecule has 1 aliphatic carbocycles. The predicted molar refractivity (Wildman–Crippen MR) is 40.6 cm³/mol. The van der Waals surface area contributed by atoms with Gasteiger partial charge in [0.2, 0.25) is 5.91 Å². The van der Waals surface area contributed by atoms with Crippen molar-refractivity contribution in [3.05, 3.63) is 0 Å². The van der Waals surface area contributed by atoms with Crippen LogP contribution in [0.1, 0.15) is 26.2 Å². The van der Waals surface area contributed by atoms with E-state index in [1.54, 1.807) is 0 Å². The molecule has 1 N–H and O–H groups in total. The van der Waals surface area contributed by atoms with Crippen molar-refractivity contribution in [2.24, 2.45) is 5.92 Å². The molecular weight excluding hydrogens is 140 g/mol. The Labute approximate surface area is 66.4 Å². The molecule has 1 amide bonds. The van der Waals surface area contributed by atoms with Gasteiger partial charge in [0.15, 0.2) is 0 Å². The molecule has 11 heavy (non-hydrogen) atoms. The summed E-state index contributed by atoms with van der Waals surface area (Å²) in [5.74, 6) is 0.558. The Morgan fingerprint density at radius 2 is 2.36 bits per heavy atom. The molecule has 0 saturated heterocycles. The van der Waals surface area contributed by atoms with E-state index in [2.05, 4.69) is 11.4 Å². The molecule has 0 atom stereocenters. The molecule has 0 heterocycles. The van der Waals surface area contributed by atoms with Crippen LogP contribution in [-0.2, 0) is 4.79 Å². The maximum Gasteiger partial charge on any atom is 0.217 e. The molecular formula is C8H12N2O. The molecule has 0 radical (unpaired) electrons. The molecule has 1 fully saturated rings. The number of hydrogen-bond acceptors (Lipinski definition) is 2. The first-order valence-corrected chi connectivity index (χ1v) is 3.86. The van der Waals surface area contributed by atoms with Crippen molar-refractivity contribution in [3.63, 3.8) is 0 Å². The van der Waals surface area contributed by atoms with Gasteiger partial charge in [-0.1, -0.05) is 0 Å². The summed E-state index contributed by atoms with van der Waals surface area (Å²) in [5.41, 5.74) is 0. The van der Waals surface area contributed by atoms with E-state index in [1.807, 2.05) is 0 Å². The smallest absolute Gasteiger partial charge is 0.217 e. The summed E-state index contributed by atoms with van der Waals surface area (Å²) in [6.07, 6.45) is 2.59. The zero-order chi connectivity index (χ0) is 8.27. The van der Waals surface area contributed by atoms with Crippen LogP contribution in [0.15, 0.2) is 0 Å². The number of hydrogen-bond donors (Lipinski definition) is 1. The van der Waals surface area contributed by atoms with Gasteiger partial charge in [-0.25, -0.2) is 0 Å². The first-order chi connectivity index (χ1) is 5.22. The van der Waals surface area contributed by atoms with Crippen LogP contribution in [0, 0.1) is 17.2 Å². The molecule has 0 aromatic rings. The van der Waals surface area contributed by atoms with Crippen molar-refractivity contribution >= 4 is 5.91 Å². The summed E-state index contributed by atoms with van der Waals surface area (Å²) in [5, 5.41) is 11.2. The Hall–Kier alpha value is -1.04. The van der Waals surface area contributed by atoms with E-state index in [1.165, 1.54) is 6.92 Å². The molecule has 0 bridgehead atoms. The first-order valence-electron chi connectivity index (χ1n) is 3.86. The topological polar surface area (TPSA) is 52.9 Å². The third-order valence-electron chi connectivity index (χ3n) is 2.02. The predicted octanol–water partition coefficient (Wildman–Crippen LogP) is 0.815. The lowest BCUT2D eigenvalue weighted by Crippen LogP contribution is -2.43. The van der Waals surface area contributed by atoms with Gasteiger partial charge in [-0.3, -0.25) is 4.79 Å². The average molecular weight is 152 g/mol.